The van der Waals surface area contributed by atoms with Crippen LogP contribution in [0.3, 0.4) is 0 Å². The van der Waals surface area contributed by atoms with E-state index in [0.717, 1.165) is 11.5 Å². The third kappa shape index (κ3) is 1.25. The highest BCUT2D eigenvalue weighted by Gasteiger charge is 2.25. The molecule has 0 aliphatic carbocycles. The number of hydrogen-bond donors (Lipinski definition) is 0. The SMILES string of the molecule is Cc1cc([C@H]2CCCN2C)on1. The zero-order valence-electron chi connectivity index (χ0n) is 7.58. The van der Waals surface area contributed by atoms with Gasteiger partial charge >= 0.3 is 0 Å². The average molecular weight is 166 g/mol. The minimum atomic E-state index is 0.464. The average Bonchev–Trinajstić information content (AvgIpc) is 2.58. The molecule has 1 atom stereocenters. The zero-order valence-corrected chi connectivity index (χ0v) is 7.58. The van der Waals surface area contributed by atoms with Crippen molar-refractivity contribution >= 4 is 0 Å². The van der Waals surface area contributed by atoms with Gasteiger partial charge in [0.1, 0.15) is 0 Å². The van der Waals surface area contributed by atoms with Crippen molar-refractivity contribution in [2.24, 2.45) is 0 Å². The molecule has 3 heteroatoms. The van der Waals surface area contributed by atoms with Gasteiger partial charge in [-0.2, -0.15) is 0 Å². The van der Waals surface area contributed by atoms with E-state index in [-0.39, 0.29) is 0 Å². The Morgan fingerprint density at radius 1 is 1.67 bits per heavy atom. The monoisotopic (exact) mass is 166 g/mol. The molecule has 0 bridgehead atoms. The van der Waals surface area contributed by atoms with Crippen molar-refractivity contribution in [2.45, 2.75) is 25.8 Å². The summed E-state index contributed by atoms with van der Waals surface area (Å²) in [6.45, 7) is 3.13. The van der Waals surface area contributed by atoms with Crippen molar-refractivity contribution in [1.82, 2.24) is 10.1 Å². The molecule has 0 aromatic carbocycles. The molecule has 66 valence electrons. The van der Waals surface area contributed by atoms with Crippen LogP contribution in [0.2, 0.25) is 0 Å². The molecular weight excluding hydrogens is 152 g/mol. The van der Waals surface area contributed by atoms with E-state index in [4.69, 9.17) is 4.52 Å². The first-order chi connectivity index (χ1) is 5.77. The molecule has 3 nitrogen and oxygen atoms in total. The van der Waals surface area contributed by atoms with E-state index in [0.29, 0.717) is 6.04 Å². The van der Waals surface area contributed by atoms with Crippen LogP contribution in [-0.4, -0.2) is 23.6 Å². The van der Waals surface area contributed by atoms with E-state index >= 15 is 0 Å². The van der Waals surface area contributed by atoms with Gasteiger partial charge in [0, 0.05) is 6.07 Å². The first kappa shape index (κ1) is 7.80. The number of hydrogen-bond acceptors (Lipinski definition) is 3. The molecule has 0 unspecified atom stereocenters. The van der Waals surface area contributed by atoms with E-state index in [2.05, 4.69) is 17.1 Å². The van der Waals surface area contributed by atoms with Crippen LogP contribution < -0.4 is 0 Å². The molecule has 12 heavy (non-hydrogen) atoms. The van der Waals surface area contributed by atoms with Gasteiger partial charge in [-0.05, 0) is 33.4 Å². The van der Waals surface area contributed by atoms with Crippen molar-refractivity contribution in [1.29, 1.82) is 0 Å². The molecule has 2 rings (SSSR count). The van der Waals surface area contributed by atoms with Crippen molar-refractivity contribution in [2.75, 3.05) is 13.6 Å². The van der Waals surface area contributed by atoms with Crippen LogP contribution in [0.1, 0.15) is 30.3 Å². The van der Waals surface area contributed by atoms with E-state index in [1.54, 1.807) is 0 Å². The summed E-state index contributed by atoms with van der Waals surface area (Å²) in [6.07, 6.45) is 2.46. The fraction of sp³-hybridized carbons (Fsp3) is 0.667. The summed E-state index contributed by atoms with van der Waals surface area (Å²) in [4.78, 5) is 2.32. The van der Waals surface area contributed by atoms with Gasteiger partial charge in [0.25, 0.3) is 0 Å². The van der Waals surface area contributed by atoms with Crippen LogP contribution in [0.25, 0.3) is 0 Å². The van der Waals surface area contributed by atoms with Crippen molar-refractivity contribution in [3.8, 4) is 0 Å². The minimum Gasteiger partial charge on any atom is -0.359 e. The Morgan fingerprint density at radius 2 is 2.50 bits per heavy atom. The molecular formula is C9H14N2O. The second-order valence-electron chi connectivity index (χ2n) is 3.51. The van der Waals surface area contributed by atoms with E-state index < -0.39 is 0 Å². The Hall–Kier alpha value is -0.830. The standard InChI is InChI=1S/C9H14N2O/c1-7-6-9(12-10-7)8-4-3-5-11(8)2/h6,8H,3-5H2,1-2H3/t8-/m1/s1. The molecule has 1 aliphatic heterocycles. The molecule has 0 N–H and O–H groups in total. The summed E-state index contributed by atoms with van der Waals surface area (Å²) in [6, 6.07) is 2.50. The van der Waals surface area contributed by atoms with E-state index in [1.165, 1.54) is 19.4 Å². The van der Waals surface area contributed by atoms with Gasteiger partial charge in [-0.15, -0.1) is 0 Å². The quantitative estimate of drug-likeness (QED) is 0.636. The first-order valence-corrected chi connectivity index (χ1v) is 4.41. The number of nitrogens with zero attached hydrogens (tertiary/aromatic N) is 2. The molecule has 0 spiro atoms. The lowest BCUT2D eigenvalue weighted by atomic mass is 10.1. The maximum absolute atomic E-state index is 5.23. The lowest BCUT2D eigenvalue weighted by Crippen LogP contribution is -2.16. The van der Waals surface area contributed by atoms with Crippen LogP contribution in [-0.2, 0) is 0 Å². The summed E-state index contributed by atoms with van der Waals surface area (Å²) in [5, 5.41) is 3.89. The smallest absolute Gasteiger partial charge is 0.154 e. The lowest BCUT2D eigenvalue weighted by molar-refractivity contribution is 0.251. The van der Waals surface area contributed by atoms with Crippen molar-refractivity contribution in [3.63, 3.8) is 0 Å². The number of likely N-dealkylation sites (tertiary alicyclic amines) is 1. The van der Waals surface area contributed by atoms with Gasteiger partial charge < -0.3 is 4.52 Å². The Labute approximate surface area is 72.3 Å². The topological polar surface area (TPSA) is 29.3 Å². The minimum absolute atomic E-state index is 0.464. The Bertz CT molecular complexity index is 269. The van der Waals surface area contributed by atoms with Gasteiger partial charge in [-0.1, -0.05) is 5.16 Å². The third-order valence-corrected chi connectivity index (χ3v) is 2.50. The first-order valence-electron chi connectivity index (χ1n) is 4.41. The fourth-order valence-electron chi connectivity index (χ4n) is 1.81. The predicted octanol–water partition coefficient (Wildman–Crippen LogP) is 1.75. The van der Waals surface area contributed by atoms with Crippen LogP contribution >= 0.6 is 0 Å². The molecule has 0 radical (unpaired) electrons. The summed E-state index contributed by atoms with van der Waals surface area (Å²) in [5.41, 5.74) is 0.977. The summed E-state index contributed by atoms with van der Waals surface area (Å²) in [5.74, 6) is 1.02. The highest BCUT2D eigenvalue weighted by molar-refractivity contribution is 5.09. The van der Waals surface area contributed by atoms with Gasteiger partial charge in [0.2, 0.25) is 0 Å². The van der Waals surface area contributed by atoms with Crippen molar-refractivity contribution < 1.29 is 4.52 Å². The Kier molecular flexibility index (Phi) is 1.89. The van der Waals surface area contributed by atoms with Crippen LogP contribution in [0.15, 0.2) is 10.6 Å². The van der Waals surface area contributed by atoms with E-state index in [1.807, 2.05) is 13.0 Å². The number of aryl methyl sites for hydroxylation is 1. The van der Waals surface area contributed by atoms with Crippen LogP contribution in [0.4, 0.5) is 0 Å². The summed E-state index contributed by atoms with van der Waals surface area (Å²) < 4.78 is 5.23. The van der Waals surface area contributed by atoms with Gasteiger partial charge in [-0.25, -0.2) is 0 Å². The lowest BCUT2D eigenvalue weighted by Gasteiger charge is -2.15. The highest BCUT2D eigenvalue weighted by atomic mass is 16.5. The summed E-state index contributed by atoms with van der Waals surface area (Å²) in [7, 11) is 2.13. The van der Waals surface area contributed by atoms with Gasteiger partial charge in [-0.3, -0.25) is 4.90 Å². The molecule has 1 aromatic rings. The third-order valence-electron chi connectivity index (χ3n) is 2.50. The Morgan fingerprint density at radius 3 is 3.00 bits per heavy atom. The molecule has 1 fully saturated rings. The largest absolute Gasteiger partial charge is 0.359 e. The maximum atomic E-state index is 5.23. The molecule has 0 saturated carbocycles. The molecule has 1 aliphatic rings. The zero-order chi connectivity index (χ0) is 8.55. The van der Waals surface area contributed by atoms with Gasteiger partial charge in [0.05, 0.1) is 11.7 Å². The predicted molar refractivity (Wildman–Crippen MR) is 45.8 cm³/mol. The summed E-state index contributed by atoms with van der Waals surface area (Å²) >= 11 is 0. The maximum Gasteiger partial charge on any atom is 0.154 e. The fourth-order valence-corrected chi connectivity index (χ4v) is 1.81. The number of aromatic nitrogens is 1. The second-order valence-corrected chi connectivity index (χ2v) is 3.51. The van der Waals surface area contributed by atoms with Gasteiger partial charge in [0.15, 0.2) is 5.76 Å². The molecule has 1 aromatic heterocycles. The van der Waals surface area contributed by atoms with Crippen LogP contribution in [0.5, 0.6) is 0 Å². The molecule has 2 heterocycles. The number of rotatable bonds is 1. The van der Waals surface area contributed by atoms with E-state index in [9.17, 15) is 0 Å². The van der Waals surface area contributed by atoms with Crippen molar-refractivity contribution in [3.05, 3.63) is 17.5 Å². The molecule has 0 amide bonds. The highest BCUT2D eigenvalue weighted by Crippen LogP contribution is 2.30. The normalized spacial score (nSPS) is 25.0. The Balaban J connectivity index is 2.19. The van der Waals surface area contributed by atoms with Crippen LogP contribution in [0, 0.1) is 6.92 Å². The molecule has 1 saturated heterocycles. The second kappa shape index (κ2) is 2.90.